The van der Waals surface area contributed by atoms with Gasteiger partial charge in [0.15, 0.2) is 12.2 Å². The molecule has 0 fully saturated rings. The normalized spacial score (nSPS) is 14.4. The first-order chi connectivity index (χ1) is 42.9. The molecule has 0 aliphatic carbocycles. The van der Waals surface area contributed by atoms with Crippen LogP contribution in [0, 0.1) is 11.8 Å². The van der Waals surface area contributed by atoms with Gasteiger partial charge in [0.1, 0.15) is 19.3 Å². The lowest BCUT2D eigenvalue weighted by Crippen LogP contribution is -2.30. The summed E-state index contributed by atoms with van der Waals surface area (Å²) in [6, 6.07) is 0. The van der Waals surface area contributed by atoms with Crippen molar-refractivity contribution in [3.8, 4) is 0 Å². The highest BCUT2D eigenvalue weighted by Crippen LogP contribution is 2.45. The van der Waals surface area contributed by atoms with E-state index in [1.54, 1.807) is 0 Å². The number of unbranched alkanes of at least 4 members (excludes halogenated alkanes) is 38. The largest absolute Gasteiger partial charge is 0.472 e. The van der Waals surface area contributed by atoms with E-state index in [1.165, 1.54) is 154 Å². The molecule has 3 N–H and O–H groups in total. The fourth-order valence-electron chi connectivity index (χ4n) is 10.6. The number of ether oxygens (including phenoxy) is 4. The van der Waals surface area contributed by atoms with Gasteiger partial charge in [-0.3, -0.25) is 37.3 Å². The summed E-state index contributed by atoms with van der Waals surface area (Å²) in [7, 11) is -9.89. The van der Waals surface area contributed by atoms with Gasteiger partial charge in [0.2, 0.25) is 0 Å². The minimum absolute atomic E-state index is 0.105. The molecule has 0 heterocycles. The first-order valence-corrected chi connectivity index (χ1v) is 39.5. The molecule has 0 saturated carbocycles. The minimum atomic E-state index is -4.95. The molecule has 3 unspecified atom stereocenters. The number of esters is 4. The number of aliphatic hydroxyl groups excluding tert-OH is 1. The maximum Gasteiger partial charge on any atom is 0.472 e. The lowest BCUT2D eigenvalue weighted by Gasteiger charge is -2.21. The number of hydrogen-bond acceptors (Lipinski definition) is 15. The second-order valence-corrected chi connectivity index (χ2v) is 28.9. The van der Waals surface area contributed by atoms with Crippen LogP contribution in [0.15, 0.2) is 0 Å². The molecule has 0 saturated heterocycles. The van der Waals surface area contributed by atoms with E-state index >= 15 is 0 Å². The fraction of sp³-hybridized carbons (Fsp3) is 0.943. The van der Waals surface area contributed by atoms with Gasteiger partial charge in [-0.05, 0) is 37.5 Å². The summed E-state index contributed by atoms with van der Waals surface area (Å²) >= 11 is 0. The molecule has 89 heavy (non-hydrogen) atoms. The van der Waals surface area contributed by atoms with E-state index in [0.29, 0.717) is 25.7 Å². The Morgan fingerprint density at radius 3 is 0.854 bits per heavy atom. The van der Waals surface area contributed by atoms with Gasteiger partial charge in [0, 0.05) is 25.7 Å². The average molecular weight is 1310 g/mol. The molecule has 0 aromatic carbocycles. The van der Waals surface area contributed by atoms with Crippen molar-refractivity contribution in [1.29, 1.82) is 0 Å². The summed E-state index contributed by atoms with van der Waals surface area (Å²) in [6.45, 7) is 9.55. The van der Waals surface area contributed by atoms with Crippen LogP contribution in [0.1, 0.15) is 356 Å². The van der Waals surface area contributed by atoms with Crippen LogP contribution in [-0.2, 0) is 65.4 Å². The molecule has 0 aliphatic rings. The zero-order valence-electron chi connectivity index (χ0n) is 57.7. The van der Waals surface area contributed by atoms with E-state index in [4.69, 9.17) is 37.0 Å². The zero-order chi connectivity index (χ0) is 65.7. The molecule has 17 nitrogen and oxygen atoms in total. The number of phosphoric acid groups is 2. The standard InChI is InChI=1S/C70H136O17P2/c1-7-10-12-14-16-35-42-48-54-69(74)86-65(58-80-67(72)52-46-40-32-15-13-11-8-2)60-84-88(76,77)82-56-64(71)57-83-89(78,79)85-61-66(59-81-68(73)53-47-41-36-30-26-23-19-20-24-28-33-38-44-50-62(4)5)87-70(75)55-49-43-37-31-27-22-18-17-21-25-29-34-39-45-51-63(6)9-3/h62-66,71H,7-61H2,1-6H3,(H,76,77)(H,78,79)/t63?,64-,65+,66+/m0/s1. The highest BCUT2D eigenvalue weighted by atomic mass is 31.2. The molecule has 528 valence electrons. The molecule has 6 atom stereocenters. The number of aliphatic hydroxyl groups is 1. The molecule has 0 radical (unpaired) electrons. The summed E-state index contributed by atoms with van der Waals surface area (Å²) in [4.78, 5) is 72.3. The van der Waals surface area contributed by atoms with Crippen LogP contribution in [0.25, 0.3) is 0 Å². The molecule has 0 rings (SSSR count). The van der Waals surface area contributed by atoms with Crippen LogP contribution >= 0.6 is 15.6 Å². The highest BCUT2D eigenvalue weighted by Gasteiger charge is 2.30. The van der Waals surface area contributed by atoms with Crippen molar-refractivity contribution in [2.24, 2.45) is 11.8 Å². The van der Waals surface area contributed by atoms with Gasteiger partial charge in [-0.2, -0.15) is 0 Å². The monoisotopic (exact) mass is 1310 g/mol. The van der Waals surface area contributed by atoms with E-state index in [-0.39, 0.29) is 25.7 Å². The Morgan fingerprint density at radius 2 is 0.573 bits per heavy atom. The number of phosphoric ester groups is 2. The minimum Gasteiger partial charge on any atom is -0.462 e. The fourth-order valence-corrected chi connectivity index (χ4v) is 12.1. The second-order valence-electron chi connectivity index (χ2n) is 26.0. The van der Waals surface area contributed by atoms with Gasteiger partial charge in [-0.25, -0.2) is 9.13 Å². The molecule has 19 heteroatoms. The lowest BCUT2D eigenvalue weighted by atomic mass is 9.99. The smallest absolute Gasteiger partial charge is 0.462 e. The predicted molar refractivity (Wildman–Crippen MR) is 358 cm³/mol. The number of hydrogen-bond donors (Lipinski definition) is 3. The molecular weight excluding hydrogens is 1170 g/mol. The van der Waals surface area contributed by atoms with Gasteiger partial charge in [-0.15, -0.1) is 0 Å². The van der Waals surface area contributed by atoms with Crippen LogP contribution in [0.3, 0.4) is 0 Å². The lowest BCUT2D eigenvalue weighted by molar-refractivity contribution is -0.161. The van der Waals surface area contributed by atoms with Crippen LogP contribution in [0.5, 0.6) is 0 Å². The highest BCUT2D eigenvalue weighted by molar-refractivity contribution is 7.47. The number of carbonyl (C=O) groups is 4. The van der Waals surface area contributed by atoms with Crippen molar-refractivity contribution in [3.05, 3.63) is 0 Å². The molecule has 0 spiro atoms. The molecular formula is C70H136O17P2. The Morgan fingerprint density at radius 1 is 0.326 bits per heavy atom. The van der Waals surface area contributed by atoms with Crippen LogP contribution in [0.4, 0.5) is 0 Å². The summed E-state index contributed by atoms with van der Waals surface area (Å²) < 4.78 is 68.1. The Labute approximate surface area is 543 Å². The van der Waals surface area contributed by atoms with Gasteiger partial charge in [0.05, 0.1) is 26.4 Å². The maximum absolute atomic E-state index is 13.0. The van der Waals surface area contributed by atoms with Crippen molar-refractivity contribution in [1.82, 2.24) is 0 Å². The summed E-state index contributed by atoms with van der Waals surface area (Å²) in [5.74, 6) is -0.494. The topological polar surface area (TPSA) is 237 Å². The number of rotatable bonds is 69. The molecule has 0 aliphatic heterocycles. The van der Waals surface area contributed by atoms with E-state index in [1.807, 2.05) is 0 Å². The Bertz CT molecular complexity index is 1740. The van der Waals surface area contributed by atoms with E-state index in [2.05, 4.69) is 41.5 Å². The Balaban J connectivity index is 5.17. The van der Waals surface area contributed by atoms with Crippen molar-refractivity contribution >= 4 is 39.5 Å². The predicted octanol–water partition coefficient (Wildman–Crippen LogP) is 20.0. The van der Waals surface area contributed by atoms with E-state index < -0.39 is 97.5 Å². The third-order valence-electron chi connectivity index (χ3n) is 16.6. The molecule has 0 aromatic rings. The van der Waals surface area contributed by atoms with Crippen LogP contribution in [-0.4, -0.2) is 96.7 Å². The van der Waals surface area contributed by atoms with Crippen LogP contribution in [0.2, 0.25) is 0 Å². The quantitative estimate of drug-likeness (QED) is 0.0222. The summed E-state index contributed by atoms with van der Waals surface area (Å²) in [6.07, 6.45) is 47.3. The summed E-state index contributed by atoms with van der Waals surface area (Å²) in [5.41, 5.74) is 0. The van der Waals surface area contributed by atoms with E-state index in [9.17, 15) is 43.2 Å². The zero-order valence-corrected chi connectivity index (χ0v) is 59.5. The van der Waals surface area contributed by atoms with Crippen molar-refractivity contribution in [3.63, 3.8) is 0 Å². The molecule has 0 bridgehead atoms. The van der Waals surface area contributed by atoms with Gasteiger partial charge in [-0.1, -0.05) is 305 Å². The second kappa shape index (κ2) is 62.2. The average Bonchev–Trinajstić information content (AvgIpc) is 3.72. The molecule has 0 amide bonds. The first-order valence-electron chi connectivity index (χ1n) is 36.5. The van der Waals surface area contributed by atoms with Crippen molar-refractivity contribution in [2.75, 3.05) is 39.6 Å². The third kappa shape index (κ3) is 63.2. The Hall–Kier alpha value is -1.94. The third-order valence-corrected chi connectivity index (χ3v) is 18.5. The van der Waals surface area contributed by atoms with Gasteiger partial charge < -0.3 is 33.8 Å². The van der Waals surface area contributed by atoms with Gasteiger partial charge >= 0.3 is 39.5 Å². The number of carbonyl (C=O) groups excluding carboxylic acids is 4. The first kappa shape index (κ1) is 87.1. The SMILES string of the molecule is CCCCCCCCCCC(=O)O[C@H](COC(=O)CCCCCCCCC)COP(=O)(O)OC[C@H](O)COP(=O)(O)OC[C@@H](COC(=O)CCCCCCCCCCCCCCCC(C)C)OC(=O)CCCCCCCCCCCCCCCCC(C)CC. The molecule has 0 aromatic heterocycles. The Kier molecular flexibility index (Phi) is 60.8. The van der Waals surface area contributed by atoms with Crippen molar-refractivity contribution < 1.29 is 80.2 Å². The maximum atomic E-state index is 13.0. The van der Waals surface area contributed by atoms with Crippen molar-refractivity contribution in [2.45, 2.75) is 374 Å². The van der Waals surface area contributed by atoms with Gasteiger partial charge in [0.25, 0.3) is 0 Å². The summed E-state index contributed by atoms with van der Waals surface area (Å²) in [5, 5.41) is 10.6. The van der Waals surface area contributed by atoms with Crippen LogP contribution < -0.4 is 0 Å². The van der Waals surface area contributed by atoms with E-state index in [0.717, 1.165) is 121 Å².